The van der Waals surface area contributed by atoms with Crippen LogP contribution >= 0.6 is 46.6 Å². The molecule has 0 aromatic heterocycles. The average molecular weight is 664 g/mol. The maximum Gasteiger partial charge on any atom is 0.459 e. The van der Waals surface area contributed by atoms with Gasteiger partial charge < -0.3 is 0 Å². The van der Waals surface area contributed by atoms with E-state index < -0.39 is 48.2 Å². The van der Waals surface area contributed by atoms with Crippen LogP contribution in [-0.2, 0) is 26.3 Å². The van der Waals surface area contributed by atoms with Gasteiger partial charge in [0.15, 0.2) is 0 Å². The van der Waals surface area contributed by atoms with Crippen molar-refractivity contribution in [3.8, 4) is 0 Å². The lowest BCUT2D eigenvalue weighted by atomic mass is 10.2. The van der Waals surface area contributed by atoms with Crippen molar-refractivity contribution in [2.75, 3.05) is 0 Å². The van der Waals surface area contributed by atoms with Crippen molar-refractivity contribution in [1.29, 1.82) is 0 Å². The molecule has 3 aromatic carbocycles. The van der Waals surface area contributed by atoms with E-state index in [9.17, 15) is 43.7 Å². The number of halogens is 12. The number of alkyl halides is 9. The number of hydrogen-bond donors (Lipinski definition) is 0. The fourth-order valence-corrected chi connectivity index (χ4v) is 7.43. The Morgan fingerprint density at radius 1 is 0.564 bits per heavy atom. The van der Waals surface area contributed by atoms with Crippen molar-refractivity contribution in [1.82, 2.24) is 0 Å². The molecule has 0 N–H and O–H groups in total. The molecule has 0 aliphatic heterocycles. The van der Waals surface area contributed by atoms with E-state index in [1.165, 1.54) is 24.3 Å². The minimum absolute atomic E-state index is 0.0836. The Morgan fingerprint density at radius 2 is 0.872 bits per heavy atom. The molecule has 0 fully saturated rings. The molecule has 1 nitrogen and oxygen atoms in total. The van der Waals surface area contributed by atoms with E-state index in [0.29, 0.717) is 10.6 Å². The quantitative estimate of drug-likeness (QED) is 0.244. The van der Waals surface area contributed by atoms with Crippen LogP contribution in [0.15, 0.2) is 72.8 Å². The predicted octanol–water partition coefficient (Wildman–Crippen LogP) is 10.6. The molecular weight excluding hydrogens is 646 g/mol. The highest BCUT2D eigenvalue weighted by Gasteiger charge is 2.75. The number of hydrogen-bond acceptors (Lipinski definition) is 2. The minimum atomic E-state index is -7.35. The molecule has 0 unspecified atom stereocenters. The van der Waals surface area contributed by atoms with E-state index in [-0.39, 0.29) is 27.6 Å². The first kappa shape index (κ1) is 33.6. The molecule has 0 bridgehead atoms. The molecule has 15 heteroatoms. The molecule has 0 atom stereocenters. The number of benzene rings is 3. The Bertz CT molecular complexity index is 1270. The molecule has 3 aromatic rings. The summed E-state index contributed by atoms with van der Waals surface area (Å²) in [7, 11) is -7.35. The van der Waals surface area contributed by atoms with Gasteiger partial charge in [0, 0.05) is 32.3 Å². The second-order valence-electron chi connectivity index (χ2n) is 7.97. The van der Waals surface area contributed by atoms with Crippen molar-refractivity contribution in [3.05, 3.63) is 105 Å². The van der Waals surface area contributed by atoms with Gasteiger partial charge in [-0.25, -0.2) is 0 Å². The lowest BCUT2D eigenvalue weighted by Gasteiger charge is -2.44. The number of rotatable bonds is 6. The van der Waals surface area contributed by atoms with Crippen molar-refractivity contribution in [3.63, 3.8) is 0 Å². The second kappa shape index (κ2) is 12.5. The summed E-state index contributed by atoms with van der Waals surface area (Å²) < 4.78 is 131. The van der Waals surface area contributed by atoms with E-state index >= 15 is 0 Å². The first-order chi connectivity index (χ1) is 17.8. The average Bonchev–Trinajstić information content (AvgIpc) is 2.80. The first-order valence-electron chi connectivity index (χ1n) is 10.5. The zero-order valence-corrected chi connectivity index (χ0v) is 23.2. The Hall–Kier alpha value is -1.60. The van der Waals surface area contributed by atoms with Gasteiger partial charge in [-0.2, -0.15) is 39.5 Å². The largest absolute Gasteiger partial charge is 0.459 e. The third-order valence-corrected chi connectivity index (χ3v) is 11.1. The molecule has 3 rings (SSSR count). The highest BCUT2D eigenvalue weighted by Crippen LogP contribution is 2.59. The van der Waals surface area contributed by atoms with Crippen LogP contribution in [0.3, 0.4) is 0 Å². The Kier molecular flexibility index (Phi) is 10.8. The Morgan fingerprint density at radius 3 is 1.15 bits per heavy atom. The van der Waals surface area contributed by atoms with Crippen LogP contribution < -0.4 is 0 Å². The molecule has 0 aliphatic rings. The summed E-state index contributed by atoms with van der Waals surface area (Å²) in [5.74, 6) is -3.76. The molecule has 0 heterocycles. The molecule has 0 saturated carbocycles. The van der Waals surface area contributed by atoms with Gasteiger partial charge in [-0.3, -0.25) is 4.21 Å². The van der Waals surface area contributed by atoms with Gasteiger partial charge in [0.25, 0.3) is 0 Å². The summed E-state index contributed by atoms with van der Waals surface area (Å²) in [4.78, 5) is 0. The van der Waals surface area contributed by atoms with Gasteiger partial charge in [-0.15, -0.1) is 0 Å². The van der Waals surface area contributed by atoms with Gasteiger partial charge in [-0.05, 0) is 46.7 Å². The van der Waals surface area contributed by atoms with Gasteiger partial charge in [-0.1, -0.05) is 89.4 Å². The molecule has 0 radical (unpaired) electrons. The third kappa shape index (κ3) is 8.00. The highest BCUT2D eigenvalue weighted by molar-refractivity contribution is 8.20. The van der Waals surface area contributed by atoms with Crippen molar-refractivity contribution in [2.24, 2.45) is 0 Å². The summed E-state index contributed by atoms with van der Waals surface area (Å²) in [5, 5.41) is -0.294. The van der Waals surface area contributed by atoms with Crippen LogP contribution in [0.4, 0.5) is 39.5 Å². The summed E-state index contributed by atoms with van der Waals surface area (Å²) in [6, 6.07) is 15.9. The molecule has 0 amide bonds. The molecule has 216 valence electrons. The summed E-state index contributed by atoms with van der Waals surface area (Å²) in [5.41, 5.74) is -16.8. The van der Waals surface area contributed by atoms with E-state index in [1.807, 2.05) is 0 Å². The molecule has 0 spiro atoms. The topological polar surface area (TPSA) is 17.1 Å². The molecular formula is C24H18Cl3F9OS2. The van der Waals surface area contributed by atoms with E-state index in [1.54, 1.807) is 24.3 Å². The normalized spacial score (nSPS) is 13.7. The second-order valence-corrected chi connectivity index (χ2v) is 14.3. The van der Waals surface area contributed by atoms with Gasteiger partial charge in [0.05, 0.1) is 9.07 Å². The monoisotopic (exact) mass is 662 g/mol. The first-order valence-corrected chi connectivity index (χ1v) is 14.9. The lowest BCUT2D eigenvalue weighted by Crippen LogP contribution is -2.60. The zero-order chi connectivity index (χ0) is 29.7. The third-order valence-electron chi connectivity index (χ3n) is 5.26. The Balaban J connectivity index is 0.000000344. The SMILES string of the molecule is FC(F)(F)SCc1ccccc1Cl.O=S(Cc1ccccc1Cl)(Cc1ccccc1Cl)(C(F)(F)F)C(F)(F)F. The summed E-state index contributed by atoms with van der Waals surface area (Å²) >= 11 is 17.1. The van der Waals surface area contributed by atoms with Crippen LogP contribution in [0.25, 0.3) is 0 Å². The van der Waals surface area contributed by atoms with E-state index in [2.05, 4.69) is 0 Å². The van der Waals surface area contributed by atoms with Crippen LogP contribution in [0.1, 0.15) is 16.7 Å². The van der Waals surface area contributed by atoms with Crippen LogP contribution in [0, 0.1) is 0 Å². The van der Waals surface area contributed by atoms with Crippen molar-refractivity contribution in [2.45, 2.75) is 33.8 Å². The summed E-state index contributed by atoms with van der Waals surface area (Å²) in [6.45, 7) is 0. The van der Waals surface area contributed by atoms with E-state index in [0.717, 1.165) is 24.3 Å². The maximum absolute atomic E-state index is 13.8. The van der Waals surface area contributed by atoms with Crippen LogP contribution in [0.2, 0.25) is 15.1 Å². The van der Waals surface area contributed by atoms with E-state index in [4.69, 9.17) is 34.8 Å². The van der Waals surface area contributed by atoms with Gasteiger partial charge in [0.1, 0.15) is 0 Å². The van der Waals surface area contributed by atoms with Crippen molar-refractivity contribution >= 4 is 55.6 Å². The zero-order valence-electron chi connectivity index (χ0n) is 19.3. The fourth-order valence-electron chi connectivity index (χ4n) is 3.17. The fraction of sp³-hybridized carbons (Fsp3) is 0.250. The number of thioether (sulfide) groups is 1. The molecule has 0 saturated heterocycles. The standard InChI is InChI=1S/C16H12Cl2F6OS.C8H6ClF3S/c17-13-7-3-1-5-11(13)9-26(25,15(19,20)21,16(22,23)24)10-12-6-2-4-8-14(12)18;9-7-4-2-1-3-6(7)5-13-8(10,11)12/h1-8H,9-10H2;1-4H,5H2. The molecule has 0 aliphatic carbocycles. The van der Waals surface area contributed by atoms with Gasteiger partial charge in [0.2, 0.25) is 0 Å². The van der Waals surface area contributed by atoms with Crippen LogP contribution in [-0.4, -0.2) is 20.7 Å². The minimum Gasteiger partial charge on any atom is -0.265 e. The highest BCUT2D eigenvalue weighted by atomic mass is 35.5. The summed E-state index contributed by atoms with van der Waals surface area (Å²) in [6.07, 6.45) is 0. The predicted molar refractivity (Wildman–Crippen MR) is 139 cm³/mol. The van der Waals surface area contributed by atoms with Crippen molar-refractivity contribution < 1.29 is 43.7 Å². The van der Waals surface area contributed by atoms with Gasteiger partial charge >= 0.3 is 16.5 Å². The lowest BCUT2D eigenvalue weighted by molar-refractivity contribution is -0.0932. The van der Waals surface area contributed by atoms with Crippen LogP contribution in [0.5, 0.6) is 0 Å². The maximum atomic E-state index is 13.8. The molecule has 39 heavy (non-hydrogen) atoms. The smallest absolute Gasteiger partial charge is 0.265 e. The Labute approximate surface area is 237 Å².